The molecule has 0 atom stereocenters. The summed E-state index contributed by atoms with van der Waals surface area (Å²) in [6.07, 6.45) is 4.08. The van der Waals surface area contributed by atoms with Gasteiger partial charge in [-0.25, -0.2) is 0 Å². The Balaban J connectivity index is 0.000000336. The molecule has 0 fully saturated rings. The van der Waals surface area contributed by atoms with Gasteiger partial charge in [-0.2, -0.15) is 0 Å². The van der Waals surface area contributed by atoms with Crippen molar-refractivity contribution in [2.75, 3.05) is 0 Å². The van der Waals surface area contributed by atoms with Crippen LogP contribution >= 0.6 is 11.6 Å². The molecule has 1 rings (SSSR count). The zero-order chi connectivity index (χ0) is 11.7. The molecule has 0 aliphatic carbocycles. The number of hydrogen-bond donors (Lipinski definition) is 0. The zero-order valence-electron chi connectivity index (χ0n) is 9.72. The molecule has 0 aliphatic rings. The first-order valence-electron chi connectivity index (χ1n) is 5.38. The Labute approximate surface area is 97.5 Å². The summed E-state index contributed by atoms with van der Waals surface area (Å²) in [7, 11) is 0. The van der Waals surface area contributed by atoms with Crippen LogP contribution in [0.1, 0.15) is 50.4 Å². The highest BCUT2D eigenvalue weighted by Gasteiger charge is 1.95. The fraction of sp³-hybridized carbons (Fsp3) is 0.462. The van der Waals surface area contributed by atoms with E-state index in [1.54, 1.807) is 24.3 Å². The van der Waals surface area contributed by atoms with E-state index in [1.807, 2.05) is 0 Å². The van der Waals surface area contributed by atoms with Gasteiger partial charge in [-0.1, -0.05) is 44.7 Å². The maximum atomic E-state index is 10.7. The molecule has 0 spiro atoms. The third-order valence-electron chi connectivity index (χ3n) is 1.96. The number of halogens is 1. The van der Waals surface area contributed by atoms with E-state index in [0.29, 0.717) is 10.6 Å². The van der Waals surface area contributed by atoms with Gasteiger partial charge >= 0.3 is 0 Å². The highest BCUT2D eigenvalue weighted by atomic mass is 35.5. The van der Waals surface area contributed by atoms with Crippen molar-refractivity contribution in [3.05, 3.63) is 34.9 Å². The van der Waals surface area contributed by atoms with Crippen LogP contribution in [0, 0.1) is 0 Å². The van der Waals surface area contributed by atoms with Crippen molar-refractivity contribution in [3.8, 4) is 0 Å². The second-order valence-corrected chi connectivity index (χ2v) is 3.85. The normalized spacial score (nSPS) is 9.07. The summed E-state index contributed by atoms with van der Waals surface area (Å²) in [4.78, 5) is 10.7. The molecular formula is C13H19ClO. The molecule has 0 aliphatic heterocycles. The summed E-state index contributed by atoms with van der Waals surface area (Å²) < 4.78 is 0. The standard InChI is InChI=1S/C8H7ClO.C5H12/c1-6(10)7-2-4-8(9)5-3-7;1-3-5-4-2/h2-5H,1H3;3-5H2,1-2H3. The van der Waals surface area contributed by atoms with Crippen LogP contribution in [0.15, 0.2) is 24.3 Å². The smallest absolute Gasteiger partial charge is 0.159 e. The molecule has 0 amide bonds. The van der Waals surface area contributed by atoms with Gasteiger partial charge in [0.25, 0.3) is 0 Å². The lowest BCUT2D eigenvalue weighted by Gasteiger charge is -1.92. The number of Topliss-reactive ketones (excluding diaryl/α,β-unsaturated/α-hetero) is 1. The maximum absolute atomic E-state index is 10.7. The van der Waals surface area contributed by atoms with Gasteiger partial charge in [0.1, 0.15) is 0 Å². The molecule has 15 heavy (non-hydrogen) atoms. The van der Waals surface area contributed by atoms with Crippen LogP contribution in [0.3, 0.4) is 0 Å². The highest BCUT2D eigenvalue weighted by molar-refractivity contribution is 6.30. The Morgan fingerprint density at radius 1 is 1.13 bits per heavy atom. The molecular weight excluding hydrogens is 208 g/mol. The molecule has 1 aromatic carbocycles. The maximum Gasteiger partial charge on any atom is 0.159 e. The fourth-order valence-electron chi connectivity index (χ4n) is 1.04. The van der Waals surface area contributed by atoms with E-state index >= 15 is 0 Å². The van der Waals surface area contributed by atoms with Crippen molar-refractivity contribution in [2.24, 2.45) is 0 Å². The first kappa shape index (κ1) is 14.2. The SMILES string of the molecule is CC(=O)c1ccc(Cl)cc1.CCCCC. The van der Waals surface area contributed by atoms with Crippen LogP contribution in [-0.2, 0) is 0 Å². The van der Waals surface area contributed by atoms with Crippen molar-refractivity contribution >= 4 is 17.4 Å². The van der Waals surface area contributed by atoms with Crippen LogP contribution in [0.5, 0.6) is 0 Å². The second-order valence-electron chi connectivity index (χ2n) is 3.42. The first-order valence-corrected chi connectivity index (χ1v) is 5.76. The van der Waals surface area contributed by atoms with Crippen molar-refractivity contribution in [1.82, 2.24) is 0 Å². The zero-order valence-corrected chi connectivity index (χ0v) is 10.5. The largest absolute Gasteiger partial charge is 0.295 e. The third kappa shape index (κ3) is 7.15. The molecule has 0 heterocycles. The molecule has 0 N–H and O–H groups in total. The summed E-state index contributed by atoms with van der Waals surface area (Å²) in [5.41, 5.74) is 0.699. The Bertz CT molecular complexity index is 275. The fourth-order valence-corrected chi connectivity index (χ4v) is 1.16. The number of carbonyl (C=O) groups is 1. The van der Waals surface area contributed by atoms with Gasteiger partial charge < -0.3 is 0 Å². The molecule has 0 radical (unpaired) electrons. The predicted octanol–water partition coefficient (Wildman–Crippen LogP) is 4.74. The van der Waals surface area contributed by atoms with Gasteiger partial charge in [-0.05, 0) is 31.2 Å². The van der Waals surface area contributed by atoms with Crippen molar-refractivity contribution in [2.45, 2.75) is 40.0 Å². The van der Waals surface area contributed by atoms with Gasteiger partial charge in [0.2, 0.25) is 0 Å². The van der Waals surface area contributed by atoms with E-state index in [1.165, 1.54) is 26.2 Å². The Hall–Kier alpha value is -0.820. The Morgan fingerprint density at radius 2 is 1.60 bits per heavy atom. The highest BCUT2D eigenvalue weighted by Crippen LogP contribution is 2.09. The van der Waals surface area contributed by atoms with Gasteiger partial charge in [0.05, 0.1) is 0 Å². The van der Waals surface area contributed by atoms with Gasteiger partial charge in [0.15, 0.2) is 5.78 Å². The topological polar surface area (TPSA) is 17.1 Å². The molecule has 1 nitrogen and oxygen atoms in total. The number of carbonyl (C=O) groups excluding carboxylic acids is 1. The second kappa shape index (κ2) is 8.49. The van der Waals surface area contributed by atoms with Gasteiger partial charge in [-0.3, -0.25) is 4.79 Å². The summed E-state index contributed by atoms with van der Waals surface area (Å²) in [6, 6.07) is 6.84. The van der Waals surface area contributed by atoms with E-state index in [2.05, 4.69) is 13.8 Å². The summed E-state index contributed by atoms with van der Waals surface area (Å²) in [6.45, 7) is 5.95. The Kier molecular flexibility index (Phi) is 8.02. The molecule has 1 aromatic rings. The lowest BCUT2D eigenvalue weighted by atomic mass is 10.2. The van der Waals surface area contributed by atoms with Crippen molar-refractivity contribution in [3.63, 3.8) is 0 Å². The molecule has 0 unspecified atom stereocenters. The lowest BCUT2D eigenvalue weighted by molar-refractivity contribution is 0.101. The van der Waals surface area contributed by atoms with Crippen molar-refractivity contribution < 1.29 is 4.79 Å². The van der Waals surface area contributed by atoms with Crippen LogP contribution < -0.4 is 0 Å². The molecule has 0 aromatic heterocycles. The monoisotopic (exact) mass is 226 g/mol. The summed E-state index contributed by atoms with van der Waals surface area (Å²) in [5, 5.41) is 0.657. The number of rotatable bonds is 3. The Morgan fingerprint density at radius 3 is 1.87 bits per heavy atom. The molecule has 2 heteroatoms. The average Bonchev–Trinajstić information content (AvgIpc) is 2.20. The first-order chi connectivity index (χ1) is 7.11. The van der Waals surface area contributed by atoms with Crippen LogP contribution in [0.25, 0.3) is 0 Å². The number of unbranched alkanes of at least 4 members (excludes halogenated alkanes) is 2. The van der Waals surface area contributed by atoms with Crippen LogP contribution in [0.2, 0.25) is 5.02 Å². The van der Waals surface area contributed by atoms with Gasteiger partial charge in [0, 0.05) is 10.6 Å². The third-order valence-corrected chi connectivity index (χ3v) is 2.21. The predicted molar refractivity (Wildman–Crippen MR) is 66.7 cm³/mol. The van der Waals surface area contributed by atoms with E-state index in [4.69, 9.17) is 11.6 Å². The summed E-state index contributed by atoms with van der Waals surface area (Å²) >= 11 is 5.61. The van der Waals surface area contributed by atoms with Crippen molar-refractivity contribution in [1.29, 1.82) is 0 Å². The van der Waals surface area contributed by atoms with E-state index < -0.39 is 0 Å². The number of hydrogen-bond acceptors (Lipinski definition) is 1. The molecule has 0 saturated heterocycles. The van der Waals surface area contributed by atoms with Crippen LogP contribution in [-0.4, -0.2) is 5.78 Å². The number of benzene rings is 1. The molecule has 0 bridgehead atoms. The van der Waals surface area contributed by atoms with E-state index in [9.17, 15) is 4.79 Å². The minimum Gasteiger partial charge on any atom is -0.295 e. The van der Waals surface area contributed by atoms with E-state index in [0.717, 1.165) is 0 Å². The quantitative estimate of drug-likeness (QED) is 0.681. The summed E-state index contributed by atoms with van der Waals surface area (Å²) in [5.74, 6) is 0.0664. The van der Waals surface area contributed by atoms with Crippen LogP contribution in [0.4, 0.5) is 0 Å². The average molecular weight is 227 g/mol. The lowest BCUT2D eigenvalue weighted by Crippen LogP contribution is -1.89. The molecule has 0 saturated carbocycles. The van der Waals surface area contributed by atoms with Gasteiger partial charge in [-0.15, -0.1) is 0 Å². The minimum atomic E-state index is 0.0664. The minimum absolute atomic E-state index is 0.0664. The number of ketones is 1. The van der Waals surface area contributed by atoms with E-state index in [-0.39, 0.29) is 5.78 Å². The molecule has 84 valence electrons.